The fraction of sp³-hybridized carbons (Fsp3) is 0.370. The molecule has 2 saturated heterocycles. The molecule has 3 heterocycles. The van der Waals surface area contributed by atoms with E-state index < -0.39 is 4.92 Å². The first-order valence-electron chi connectivity index (χ1n) is 12.4. The van der Waals surface area contributed by atoms with Gasteiger partial charge in [-0.05, 0) is 49.9 Å². The molecular formula is C27H29N5O4. The third-order valence-corrected chi connectivity index (χ3v) is 7.12. The van der Waals surface area contributed by atoms with Crippen LogP contribution in [0.25, 0.3) is 16.9 Å². The van der Waals surface area contributed by atoms with Crippen LogP contribution < -0.4 is 0 Å². The fourth-order valence-corrected chi connectivity index (χ4v) is 5.08. The molecule has 0 saturated carbocycles. The lowest BCUT2D eigenvalue weighted by Gasteiger charge is -2.33. The van der Waals surface area contributed by atoms with Crippen molar-refractivity contribution in [2.45, 2.75) is 32.1 Å². The van der Waals surface area contributed by atoms with Gasteiger partial charge in [0, 0.05) is 61.6 Å². The number of nitro benzene ring substituents is 1. The molecule has 2 aliphatic rings. The maximum Gasteiger partial charge on any atom is 0.269 e. The lowest BCUT2D eigenvalue weighted by molar-refractivity contribution is -0.384. The molecule has 186 valence electrons. The van der Waals surface area contributed by atoms with Crippen LogP contribution in [0.4, 0.5) is 5.69 Å². The highest BCUT2D eigenvalue weighted by molar-refractivity contribution is 5.83. The molecule has 9 nitrogen and oxygen atoms in total. The topological polar surface area (TPSA) is 102 Å². The highest BCUT2D eigenvalue weighted by Crippen LogP contribution is 2.28. The zero-order valence-corrected chi connectivity index (χ0v) is 20.1. The quantitative estimate of drug-likeness (QED) is 0.388. The van der Waals surface area contributed by atoms with Crippen LogP contribution >= 0.6 is 0 Å². The van der Waals surface area contributed by atoms with Crippen LogP contribution in [0, 0.1) is 16.0 Å². The lowest BCUT2D eigenvalue weighted by Crippen LogP contribution is -2.44. The molecule has 2 aromatic carbocycles. The Kier molecular flexibility index (Phi) is 6.79. The molecule has 2 amide bonds. The van der Waals surface area contributed by atoms with Gasteiger partial charge >= 0.3 is 0 Å². The minimum atomic E-state index is -0.436. The molecule has 3 aromatic rings. The zero-order chi connectivity index (χ0) is 25.1. The van der Waals surface area contributed by atoms with E-state index in [1.807, 2.05) is 46.3 Å². The molecule has 2 fully saturated rings. The predicted octanol–water partition coefficient (Wildman–Crippen LogP) is 3.85. The predicted molar refractivity (Wildman–Crippen MR) is 134 cm³/mol. The number of hydrogen-bond acceptors (Lipinski definition) is 5. The number of piperidine rings is 1. The van der Waals surface area contributed by atoms with E-state index in [-0.39, 0.29) is 29.8 Å². The Balaban J connectivity index is 1.33. The van der Waals surface area contributed by atoms with Crippen molar-refractivity contribution in [1.29, 1.82) is 0 Å². The first kappa shape index (κ1) is 23.7. The second-order valence-electron chi connectivity index (χ2n) is 9.45. The summed E-state index contributed by atoms with van der Waals surface area (Å²) in [4.78, 5) is 40.5. The second-order valence-corrected chi connectivity index (χ2v) is 9.45. The van der Waals surface area contributed by atoms with Crippen LogP contribution in [-0.4, -0.2) is 62.5 Å². The molecule has 2 aliphatic heterocycles. The summed E-state index contributed by atoms with van der Waals surface area (Å²) in [5, 5.41) is 15.8. The molecule has 0 aliphatic carbocycles. The van der Waals surface area contributed by atoms with Crippen molar-refractivity contribution >= 4 is 17.5 Å². The number of non-ortho nitro benzene ring substituents is 1. The van der Waals surface area contributed by atoms with Gasteiger partial charge in [-0.15, -0.1) is 0 Å². The summed E-state index contributed by atoms with van der Waals surface area (Å²) in [5.41, 5.74) is 2.97. The lowest BCUT2D eigenvalue weighted by atomic mass is 9.94. The molecular weight excluding hydrogens is 458 g/mol. The van der Waals surface area contributed by atoms with E-state index in [2.05, 4.69) is 0 Å². The summed E-state index contributed by atoms with van der Waals surface area (Å²) in [7, 11) is 0. The van der Waals surface area contributed by atoms with Gasteiger partial charge in [-0.2, -0.15) is 5.10 Å². The Hall–Kier alpha value is -4.01. The largest absolute Gasteiger partial charge is 0.342 e. The number of para-hydroxylation sites is 1. The summed E-state index contributed by atoms with van der Waals surface area (Å²) in [6.07, 6.45) is 5.57. The van der Waals surface area contributed by atoms with Crippen LogP contribution in [0.15, 0.2) is 60.8 Å². The molecule has 0 unspecified atom stereocenters. The van der Waals surface area contributed by atoms with E-state index in [1.165, 1.54) is 12.1 Å². The second kappa shape index (κ2) is 10.3. The van der Waals surface area contributed by atoms with Crippen LogP contribution in [0.3, 0.4) is 0 Å². The highest BCUT2D eigenvalue weighted by Gasteiger charge is 2.31. The number of hydrogen-bond donors (Lipinski definition) is 0. The smallest absolute Gasteiger partial charge is 0.269 e. The van der Waals surface area contributed by atoms with Gasteiger partial charge in [-0.25, -0.2) is 4.68 Å². The van der Waals surface area contributed by atoms with Gasteiger partial charge in [0.25, 0.3) is 5.69 Å². The van der Waals surface area contributed by atoms with Crippen LogP contribution in [-0.2, 0) is 16.0 Å². The minimum absolute atomic E-state index is 0.00200. The average molecular weight is 488 g/mol. The number of nitrogens with zero attached hydrogens (tertiary/aromatic N) is 5. The summed E-state index contributed by atoms with van der Waals surface area (Å²) in [5.74, 6) is 0.241. The zero-order valence-electron chi connectivity index (χ0n) is 20.1. The number of nitro groups is 1. The molecule has 9 heteroatoms. The van der Waals surface area contributed by atoms with E-state index in [0.717, 1.165) is 37.2 Å². The van der Waals surface area contributed by atoms with Crippen molar-refractivity contribution in [2.24, 2.45) is 5.92 Å². The first-order valence-corrected chi connectivity index (χ1v) is 12.4. The minimum Gasteiger partial charge on any atom is -0.342 e. The Morgan fingerprint density at radius 2 is 1.58 bits per heavy atom. The van der Waals surface area contributed by atoms with Crippen LogP contribution in [0.1, 0.15) is 31.2 Å². The van der Waals surface area contributed by atoms with Gasteiger partial charge in [0.15, 0.2) is 0 Å². The van der Waals surface area contributed by atoms with E-state index >= 15 is 0 Å². The Bertz CT molecular complexity index is 1240. The Morgan fingerprint density at radius 3 is 2.22 bits per heavy atom. The number of amides is 2. The fourth-order valence-electron chi connectivity index (χ4n) is 5.08. The summed E-state index contributed by atoms with van der Waals surface area (Å²) >= 11 is 0. The molecule has 0 radical (unpaired) electrons. The van der Waals surface area contributed by atoms with Crippen molar-refractivity contribution in [3.8, 4) is 16.9 Å². The Morgan fingerprint density at radius 1 is 0.917 bits per heavy atom. The van der Waals surface area contributed by atoms with Crippen molar-refractivity contribution in [3.63, 3.8) is 0 Å². The third kappa shape index (κ3) is 5.00. The van der Waals surface area contributed by atoms with Crippen molar-refractivity contribution < 1.29 is 14.5 Å². The normalized spacial score (nSPS) is 16.3. The van der Waals surface area contributed by atoms with Gasteiger partial charge in [0.2, 0.25) is 11.8 Å². The number of carbonyl (C=O) groups is 2. The highest BCUT2D eigenvalue weighted by atomic mass is 16.6. The molecule has 0 bridgehead atoms. The SMILES string of the molecule is O=C(Cc1cn(-c2ccccc2)nc1-c1ccc([N+](=O)[O-])cc1)N1CCC(C(=O)N2CCCC2)CC1. The number of rotatable bonds is 6. The first-order chi connectivity index (χ1) is 17.5. The molecule has 1 aromatic heterocycles. The molecule has 36 heavy (non-hydrogen) atoms. The van der Waals surface area contributed by atoms with Gasteiger partial charge in [-0.3, -0.25) is 19.7 Å². The van der Waals surface area contributed by atoms with Crippen LogP contribution in [0.5, 0.6) is 0 Å². The molecule has 0 N–H and O–H groups in total. The van der Waals surface area contributed by atoms with Gasteiger partial charge < -0.3 is 9.80 Å². The standard InChI is InChI=1S/C27H29N5O4/c33-25(29-16-12-21(13-17-29)27(34)30-14-4-5-15-30)18-22-19-31(23-6-2-1-3-7-23)28-26(22)20-8-10-24(11-9-20)32(35)36/h1-3,6-11,19,21H,4-5,12-18H2. The van der Waals surface area contributed by atoms with E-state index in [4.69, 9.17) is 5.10 Å². The van der Waals surface area contributed by atoms with E-state index in [9.17, 15) is 19.7 Å². The molecule has 0 atom stereocenters. The number of aromatic nitrogens is 2. The third-order valence-electron chi connectivity index (χ3n) is 7.12. The summed E-state index contributed by atoms with van der Waals surface area (Å²) in [6.45, 7) is 2.86. The maximum atomic E-state index is 13.3. The summed E-state index contributed by atoms with van der Waals surface area (Å²) < 4.78 is 1.74. The number of benzene rings is 2. The van der Waals surface area contributed by atoms with Crippen molar-refractivity contribution in [1.82, 2.24) is 19.6 Å². The van der Waals surface area contributed by atoms with Gasteiger partial charge in [0.05, 0.1) is 22.7 Å². The van der Waals surface area contributed by atoms with Gasteiger partial charge in [0.1, 0.15) is 0 Å². The Labute approximate surface area is 209 Å². The molecule has 0 spiro atoms. The van der Waals surface area contributed by atoms with Gasteiger partial charge in [-0.1, -0.05) is 18.2 Å². The monoisotopic (exact) mass is 487 g/mol. The van der Waals surface area contributed by atoms with Crippen molar-refractivity contribution in [3.05, 3.63) is 76.5 Å². The van der Waals surface area contributed by atoms with Crippen molar-refractivity contribution in [2.75, 3.05) is 26.2 Å². The maximum absolute atomic E-state index is 13.3. The number of likely N-dealkylation sites (tertiary alicyclic amines) is 2. The summed E-state index contributed by atoms with van der Waals surface area (Å²) in [6, 6.07) is 15.9. The average Bonchev–Trinajstić information content (AvgIpc) is 3.60. The van der Waals surface area contributed by atoms with Crippen LogP contribution in [0.2, 0.25) is 0 Å². The number of carbonyl (C=O) groups excluding carboxylic acids is 2. The van der Waals surface area contributed by atoms with E-state index in [0.29, 0.717) is 37.2 Å². The molecule has 5 rings (SSSR count). The van der Waals surface area contributed by atoms with E-state index in [1.54, 1.807) is 16.8 Å².